The van der Waals surface area contributed by atoms with Crippen molar-refractivity contribution in [3.63, 3.8) is 0 Å². The third kappa shape index (κ3) is 6.81. The van der Waals surface area contributed by atoms with Gasteiger partial charge in [-0.2, -0.15) is 4.31 Å². The number of sulfonamides is 1. The van der Waals surface area contributed by atoms with Crippen LogP contribution in [0.3, 0.4) is 0 Å². The molecule has 0 bridgehead atoms. The van der Waals surface area contributed by atoms with Crippen LogP contribution in [0.2, 0.25) is 0 Å². The number of aryl methyl sites for hydroxylation is 2. The highest BCUT2D eigenvalue weighted by atomic mass is 32.2. The number of nitrogens with one attached hydrogen (secondary N) is 1. The van der Waals surface area contributed by atoms with Gasteiger partial charge in [0.05, 0.1) is 13.7 Å². The Bertz CT molecular complexity index is 1020. The first-order valence-electron chi connectivity index (χ1n) is 11.8. The number of carbonyl (C=O) groups excluding carboxylic acids is 1. The molecule has 33 heavy (non-hydrogen) atoms. The van der Waals surface area contributed by atoms with Crippen LogP contribution in [0.1, 0.15) is 56.6 Å². The van der Waals surface area contributed by atoms with Crippen LogP contribution in [0.5, 0.6) is 5.75 Å². The summed E-state index contributed by atoms with van der Waals surface area (Å²) < 4.78 is 34.3. The van der Waals surface area contributed by atoms with Crippen LogP contribution in [0.4, 0.5) is 0 Å². The van der Waals surface area contributed by atoms with E-state index in [-0.39, 0.29) is 29.4 Å². The normalized spacial score (nSPS) is 15.9. The molecule has 0 aliphatic heterocycles. The van der Waals surface area contributed by atoms with Crippen molar-refractivity contribution in [2.45, 2.75) is 75.8 Å². The van der Waals surface area contributed by atoms with Crippen LogP contribution in [-0.4, -0.2) is 44.4 Å². The average molecular weight is 473 g/mol. The molecule has 1 fully saturated rings. The lowest BCUT2D eigenvalue weighted by molar-refractivity contribution is -0.122. The zero-order chi connectivity index (χ0) is 23.8. The summed E-state index contributed by atoms with van der Waals surface area (Å²) in [6, 6.07) is 15.0. The molecule has 2 aromatic rings. The van der Waals surface area contributed by atoms with Crippen LogP contribution in [-0.2, 0) is 21.2 Å². The topological polar surface area (TPSA) is 75.7 Å². The number of benzene rings is 2. The number of hydrogen-bond acceptors (Lipinski definition) is 4. The second-order valence-corrected chi connectivity index (χ2v) is 10.8. The van der Waals surface area contributed by atoms with Crippen molar-refractivity contribution in [1.29, 1.82) is 0 Å². The van der Waals surface area contributed by atoms with Gasteiger partial charge in [0.1, 0.15) is 10.6 Å². The van der Waals surface area contributed by atoms with E-state index in [0.717, 1.165) is 50.5 Å². The molecule has 1 atom stereocenters. The van der Waals surface area contributed by atoms with E-state index in [9.17, 15) is 13.2 Å². The molecular formula is C26H36N2O4S. The molecule has 1 amide bonds. The van der Waals surface area contributed by atoms with Crippen molar-refractivity contribution in [3.05, 3.63) is 59.7 Å². The zero-order valence-corrected chi connectivity index (χ0v) is 20.7. The molecular weight excluding hydrogens is 436 g/mol. The Balaban J connectivity index is 1.75. The van der Waals surface area contributed by atoms with Gasteiger partial charge >= 0.3 is 0 Å². The first-order valence-corrected chi connectivity index (χ1v) is 13.2. The molecule has 1 saturated carbocycles. The average Bonchev–Trinajstić information content (AvgIpc) is 2.82. The fourth-order valence-electron chi connectivity index (χ4n) is 4.45. The fourth-order valence-corrected chi connectivity index (χ4v) is 6.34. The van der Waals surface area contributed by atoms with Crippen LogP contribution < -0.4 is 10.1 Å². The number of nitrogens with zero attached hydrogens (tertiary/aromatic N) is 1. The SMILES string of the molecule is COc1ccc(C)cc1S(=O)(=O)N(CC(=O)N[C@H](C)CCc1ccccc1)C1CCCCC1. The molecule has 1 aliphatic carbocycles. The summed E-state index contributed by atoms with van der Waals surface area (Å²) in [5.41, 5.74) is 2.05. The maximum Gasteiger partial charge on any atom is 0.247 e. The van der Waals surface area contributed by atoms with Gasteiger partial charge in [0.15, 0.2) is 0 Å². The Kier molecular flexibility index (Phi) is 8.92. The van der Waals surface area contributed by atoms with Gasteiger partial charge in [0, 0.05) is 12.1 Å². The van der Waals surface area contributed by atoms with Crippen molar-refractivity contribution in [2.24, 2.45) is 0 Å². The van der Waals surface area contributed by atoms with Gasteiger partial charge in [-0.25, -0.2) is 8.42 Å². The Labute approximate surface area is 198 Å². The standard InChI is InChI=1S/C26H36N2O4S/c1-20-14-17-24(32-3)25(18-20)33(30,31)28(23-12-8-5-9-13-23)19-26(29)27-21(2)15-16-22-10-6-4-7-11-22/h4,6-7,10-11,14,17-18,21,23H,5,8-9,12-13,15-16,19H2,1-3H3,(H,27,29)/t21-/m1/s1. The lowest BCUT2D eigenvalue weighted by Crippen LogP contribution is -2.48. The molecule has 0 aromatic heterocycles. The molecule has 3 rings (SSSR count). The third-order valence-corrected chi connectivity index (χ3v) is 8.22. The lowest BCUT2D eigenvalue weighted by Gasteiger charge is -2.33. The van der Waals surface area contributed by atoms with Gasteiger partial charge in [-0.1, -0.05) is 55.7 Å². The summed E-state index contributed by atoms with van der Waals surface area (Å²) in [6.07, 6.45) is 6.22. The molecule has 180 valence electrons. The summed E-state index contributed by atoms with van der Waals surface area (Å²) in [4.78, 5) is 13.1. The van der Waals surface area contributed by atoms with Gasteiger partial charge in [-0.05, 0) is 62.8 Å². The summed E-state index contributed by atoms with van der Waals surface area (Å²) in [7, 11) is -2.44. The predicted octanol–water partition coefficient (Wildman–Crippen LogP) is 4.46. The number of hydrogen-bond donors (Lipinski definition) is 1. The van der Waals surface area contributed by atoms with E-state index in [4.69, 9.17) is 4.74 Å². The van der Waals surface area contributed by atoms with Gasteiger partial charge in [-0.3, -0.25) is 4.79 Å². The van der Waals surface area contributed by atoms with E-state index in [1.807, 2.05) is 38.1 Å². The van der Waals surface area contributed by atoms with E-state index < -0.39 is 10.0 Å². The summed E-state index contributed by atoms with van der Waals surface area (Å²) in [5, 5.41) is 3.01. The van der Waals surface area contributed by atoms with Crippen LogP contribution in [0.25, 0.3) is 0 Å². The molecule has 1 aliphatic rings. The van der Waals surface area contributed by atoms with Gasteiger partial charge in [0.2, 0.25) is 15.9 Å². The highest BCUT2D eigenvalue weighted by Crippen LogP contribution is 2.32. The first kappa shape index (κ1) is 25.2. The largest absolute Gasteiger partial charge is 0.495 e. The van der Waals surface area contributed by atoms with Gasteiger partial charge in [0.25, 0.3) is 0 Å². The monoisotopic (exact) mass is 472 g/mol. The van der Waals surface area contributed by atoms with Crippen molar-refractivity contribution in [1.82, 2.24) is 9.62 Å². The number of ether oxygens (including phenoxy) is 1. The zero-order valence-electron chi connectivity index (χ0n) is 19.9. The first-order chi connectivity index (χ1) is 15.8. The van der Waals surface area contributed by atoms with Crippen molar-refractivity contribution < 1.29 is 17.9 Å². The minimum absolute atomic E-state index is 0.0536. The third-order valence-electron chi connectivity index (χ3n) is 6.30. The number of carbonyl (C=O) groups is 1. The van der Waals surface area contributed by atoms with Crippen molar-refractivity contribution >= 4 is 15.9 Å². The molecule has 2 aromatic carbocycles. The Hall–Kier alpha value is -2.38. The quantitative estimate of drug-likeness (QED) is 0.554. The number of methoxy groups -OCH3 is 1. The Morgan fingerprint density at radius 3 is 2.48 bits per heavy atom. The van der Waals surface area contributed by atoms with E-state index in [1.54, 1.807) is 12.1 Å². The highest BCUT2D eigenvalue weighted by Gasteiger charge is 2.36. The van der Waals surface area contributed by atoms with Crippen LogP contribution in [0.15, 0.2) is 53.4 Å². The number of rotatable bonds is 10. The van der Waals surface area contributed by atoms with Crippen molar-refractivity contribution in [2.75, 3.05) is 13.7 Å². The fraction of sp³-hybridized carbons (Fsp3) is 0.500. The van der Waals surface area contributed by atoms with Crippen LogP contribution in [0, 0.1) is 6.92 Å². The molecule has 0 spiro atoms. The number of amides is 1. The van der Waals surface area contributed by atoms with Gasteiger partial charge in [-0.15, -0.1) is 0 Å². The predicted molar refractivity (Wildman–Crippen MR) is 131 cm³/mol. The smallest absolute Gasteiger partial charge is 0.247 e. The second kappa shape index (κ2) is 11.7. The van der Waals surface area contributed by atoms with E-state index in [0.29, 0.717) is 5.75 Å². The maximum absolute atomic E-state index is 13.8. The minimum Gasteiger partial charge on any atom is -0.495 e. The molecule has 0 saturated heterocycles. The minimum atomic E-state index is -3.90. The molecule has 6 nitrogen and oxygen atoms in total. The molecule has 7 heteroatoms. The molecule has 1 N–H and O–H groups in total. The summed E-state index contributed by atoms with van der Waals surface area (Å²) in [6.45, 7) is 3.63. The Morgan fingerprint density at radius 2 is 1.82 bits per heavy atom. The highest BCUT2D eigenvalue weighted by molar-refractivity contribution is 7.89. The molecule has 0 radical (unpaired) electrons. The maximum atomic E-state index is 13.8. The van der Waals surface area contributed by atoms with Gasteiger partial charge < -0.3 is 10.1 Å². The van der Waals surface area contributed by atoms with E-state index in [2.05, 4.69) is 17.4 Å². The summed E-state index contributed by atoms with van der Waals surface area (Å²) in [5.74, 6) is 0.0365. The second-order valence-electron chi connectivity index (χ2n) is 8.99. The van der Waals surface area contributed by atoms with Crippen molar-refractivity contribution in [3.8, 4) is 5.75 Å². The van der Waals surface area contributed by atoms with Crippen LogP contribution >= 0.6 is 0 Å². The van der Waals surface area contributed by atoms with E-state index in [1.165, 1.54) is 17.0 Å². The molecule has 0 unspecified atom stereocenters. The Morgan fingerprint density at radius 1 is 1.12 bits per heavy atom. The molecule has 0 heterocycles. The summed E-state index contributed by atoms with van der Waals surface area (Å²) >= 11 is 0. The lowest BCUT2D eigenvalue weighted by atomic mass is 9.95. The van der Waals surface area contributed by atoms with E-state index >= 15 is 0 Å².